The number of carbonyl (C=O) groups excluding carboxylic acids is 1. The summed E-state index contributed by atoms with van der Waals surface area (Å²) in [5.41, 5.74) is 1.45. The average molecular weight is 311 g/mol. The van der Waals surface area contributed by atoms with Gasteiger partial charge in [0.25, 0.3) is 5.91 Å². The van der Waals surface area contributed by atoms with Crippen LogP contribution in [-0.4, -0.2) is 17.4 Å². The van der Waals surface area contributed by atoms with Crippen molar-refractivity contribution in [3.05, 3.63) is 58.0 Å². The van der Waals surface area contributed by atoms with E-state index in [-0.39, 0.29) is 11.9 Å². The zero-order valence-corrected chi connectivity index (χ0v) is 13.2. The zero-order valence-electron chi connectivity index (χ0n) is 12.4. The second kappa shape index (κ2) is 5.29. The first kappa shape index (κ1) is 13.6. The minimum atomic E-state index is 0.0819. The molecule has 1 unspecified atom stereocenters. The molecule has 1 fully saturated rings. The molecule has 22 heavy (non-hydrogen) atoms. The molecule has 0 N–H and O–H groups in total. The number of carbonyl (C=O) groups is 1. The van der Waals surface area contributed by atoms with E-state index in [4.69, 9.17) is 4.42 Å². The first-order valence-corrected chi connectivity index (χ1v) is 8.39. The van der Waals surface area contributed by atoms with Crippen LogP contribution in [0.4, 0.5) is 0 Å². The molecule has 0 spiro atoms. The van der Waals surface area contributed by atoms with Crippen LogP contribution in [0.2, 0.25) is 0 Å². The van der Waals surface area contributed by atoms with E-state index in [1.165, 1.54) is 9.75 Å². The Hall–Kier alpha value is -2.07. The highest BCUT2D eigenvalue weighted by Gasteiger charge is 2.32. The molecule has 1 aliphatic heterocycles. The van der Waals surface area contributed by atoms with Crippen LogP contribution in [-0.2, 0) is 0 Å². The Morgan fingerprint density at radius 3 is 2.95 bits per heavy atom. The third kappa shape index (κ3) is 2.15. The lowest BCUT2D eigenvalue weighted by atomic mass is 10.1. The summed E-state index contributed by atoms with van der Waals surface area (Å²) >= 11 is 1.79. The number of amides is 1. The number of aryl methyl sites for hydroxylation is 1. The summed E-state index contributed by atoms with van der Waals surface area (Å²) in [6.07, 6.45) is 3.70. The molecular weight excluding hydrogens is 294 g/mol. The highest BCUT2D eigenvalue weighted by atomic mass is 32.1. The van der Waals surface area contributed by atoms with Gasteiger partial charge in [-0.25, -0.2) is 0 Å². The highest BCUT2D eigenvalue weighted by molar-refractivity contribution is 7.12. The highest BCUT2D eigenvalue weighted by Crippen LogP contribution is 2.37. The molecule has 0 radical (unpaired) electrons. The number of rotatable bonds is 2. The van der Waals surface area contributed by atoms with Crippen molar-refractivity contribution in [2.24, 2.45) is 0 Å². The molecule has 3 heterocycles. The first-order chi connectivity index (χ1) is 10.7. The number of thiophene rings is 1. The number of hydrogen-bond acceptors (Lipinski definition) is 3. The molecule has 1 atom stereocenters. The van der Waals surface area contributed by atoms with E-state index in [2.05, 4.69) is 19.1 Å². The smallest absolute Gasteiger partial charge is 0.258 e. The summed E-state index contributed by atoms with van der Waals surface area (Å²) in [6.45, 7) is 2.93. The van der Waals surface area contributed by atoms with Gasteiger partial charge in [-0.05, 0) is 38.0 Å². The summed E-state index contributed by atoms with van der Waals surface area (Å²) in [7, 11) is 0. The number of para-hydroxylation sites is 1. The molecule has 2 aromatic heterocycles. The Morgan fingerprint density at radius 2 is 2.14 bits per heavy atom. The summed E-state index contributed by atoms with van der Waals surface area (Å²) in [4.78, 5) is 17.6. The normalized spacial score (nSPS) is 18.2. The average Bonchev–Trinajstić information content (AvgIpc) is 3.25. The first-order valence-electron chi connectivity index (χ1n) is 7.57. The van der Waals surface area contributed by atoms with E-state index in [1.807, 2.05) is 29.2 Å². The minimum absolute atomic E-state index is 0.0819. The van der Waals surface area contributed by atoms with Crippen LogP contribution in [0.5, 0.6) is 0 Å². The quantitative estimate of drug-likeness (QED) is 0.682. The zero-order chi connectivity index (χ0) is 15.1. The number of hydrogen-bond donors (Lipinski definition) is 0. The van der Waals surface area contributed by atoms with E-state index in [9.17, 15) is 4.79 Å². The van der Waals surface area contributed by atoms with Crippen molar-refractivity contribution in [3.8, 4) is 0 Å². The standard InChI is InChI=1S/C18H17NO2S/c1-12-8-9-17(22-12)15-6-4-10-19(15)18(20)14-11-21-16-7-3-2-5-13(14)16/h2-3,5,7-9,11,15H,4,6,10H2,1H3. The van der Waals surface area contributed by atoms with E-state index >= 15 is 0 Å². The van der Waals surface area contributed by atoms with Gasteiger partial charge >= 0.3 is 0 Å². The van der Waals surface area contributed by atoms with Gasteiger partial charge in [-0.15, -0.1) is 11.3 Å². The van der Waals surface area contributed by atoms with Crippen LogP contribution in [0.1, 0.15) is 39.0 Å². The van der Waals surface area contributed by atoms with Gasteiger partial charge in [-0.3, -0.25) is 4.79 Å². The lowest BCUT2D eigenvalue weighted by Crippen LogP contribution is -2.30. The van der Waals surface area contributed by atoms with Crippen LogP contribution in [0.15, 0.2) is 47.1 Å². The van der Waals surface area contributed by atoms with E-state index in [0.29, 0.717) is 5.56 Å². The van der Waals surface area contributed by atoms with Crippen LogP contribution < -0.4 is 0 Å². The van der Waals surface area contributed by atoms with E-state index < -0.39 is 0 Å². The molecule has 0 bridgehead atoms. The minimum Gasteiger partial charge on any atom is -0.463 e. The van der Waals surface area contributed by atoms with Crippen LogP contribution in [0.3, 0.4) is 0 Å². The lowest BCUT2D eigenvalue weighted by Gasteiger charge is -2.23. The Labute approximate surface area is 133 Å². The third-order valence-electron chi connectivity index (χ3n) is 4.31. The monoisotopic (exact) mass is 311 g/mol. The maximum atomic E-state index is 13.0. The molecule has 4 heteroatoms. The fourth-order valence-electron chi connectivity index (χ4n) is 3.24. The van der Waals surface area contributed by atoms with Gasteiger partial charge < -0.3 is 9.32 Å². The Kier molecular flexibility index (Phi) is 3.26. The van der Waals surface area contributed by atoms with Crippen LogP contribution in [0, 0.1) is 6.92 Å². The topological polar surface area (TPSA) is 33.5 Å². The fourth-order valence-corrected chi connectivity index (χ4v) is 4.26. The molecule has 1 aromatic carbocycles. The van der Waals surface area contributed by atoms with Gasteiger partial charge in [-0.1, -0.05) is 18.2 Å². The molecule has 0 aliphatic carbocycles. The van der Waals surface area contributed by atoms with Gasteiger partial charge in [-0.2, -0.15) is 0 Å². The van der Waals surface area contributed by atoms with Gasteiger partial charge in [0.05, 0.1) is 11.6 Å². The molecule has 1 saturated heterocycles. The lowest BCUT2D eigenvalue weighted by molar-refractivity contribution is 0.0739. The largest absolute Gasteiger partial charge is 0.463 e. The maximum Gasteiger partial charge on any atom is 0.258 e. The van der Waals surface area contributed by atoms with Crippen molar-refractivity contribution in [2.45, 2.75) is 25.8 Å². The van der Waals surface area contributed by atoms with Crippen molar-refractivity contribution in [1.82, 2.24) is 4.90 Å². The van der Waals surface area contributed by atoms with E-state index in [0.717, 1.165) is 30.4 Å². The SMILES string of the molecule is Cc1ccc(C2CCCN2C(=O)c2coc3ccccc23)s1. The number of likely N-dealkylation sites (tertiary alicyclic amines) is 1. The summed E-state index contributed by atoms with van der Waals surface area (Å²) in [5, 5.41) is 0.903. The second-order valence-electron chi connectivity index (χ2n) is 5.75. The van der Waals surface area contributed by atoms with Gasteiger partial charge in [0.1, 0.15) is 11.8 Å². The van der Waals surface area contributed by atoms with Gasteiger partial charge in [0.15, 0.2) is 0 Å². The molecule has 3 nitrogen and oxygen atoms in total. The Balaban J connectivity index is 1.69. The summed E-state index contributed by atoms with van der Waals surface area (Å²) < 4.78 is 5.53. The van der Waals surface area contributed by atoms with Crippen molar-refractivity contribution >= 4 is 28.2 Å². The number of furan rings is 1. The molecule has 1 aliphatic rings. The third-order valence-corrected chi connectivity index (χ3v) is 5.42. The molecule has 3 aromatic rings. The fraction of sp³-hybridized carbons (Fsp3) is 0.278. The number of benzene rings is 1. The van der Waals surface area contributed by atoms with Crippen LogP contribution in [0.25, 0.3) is 11.0 Å². The van der Waals surface area contributed by atoms with Crippen LogP contribution >= 0.6 is 11.3 Å². The Bertz CT molecular complexity index is 832. The molecule has 4 rings (SSSR count). The number of nitrogens with zero attached hydrogens (tertiary/aromatic N) is 1. The molecule has 1 amide bonds. The molecule has 0 saturated carbocycles. The summed E-state index contributed by atoms with van der Waals surface area (Å²) in [5.74, 6) is 0.0819. The maximum absolute atomic E-state index is 13.0. The predicted molar refractivity (Wildman–Crippen MR) is 88.3 cm³/mol. The van der Waals surface area contributed by atoms with E-state index in [1.54, 1.807) is 17.6 Å². The van der Waals surface area contributed by atoms with Crippen molar-refractivity contribution in [1.29, 1.82) is 0 Å². The van der Waals surface area contributed by atoms with Crippen molar-refractivity contribution in [2.75, 3.05) is 6.54 Å². The van der Waals surface area contributed by atoms with Gasteiger partial charge in [0, 0.05) is 21.7 Å². The molecular formula is C18H17NO2S. The second-order valence-corrected chi connectivity index (χ2v) is 7.07. The van der Waals surface area contributed by atoms with Crippen molar-refractivity contribution < 1.29 is 9.21 Å². The van der Waals surface area contributed by atoms with Crippen molar-refractivity contribution in [3.63, 3.8) is 0 Å². The number of fused-ring (bicyclic) bond motifs is 1. The molecule has 112 valence electrons. The summed E-state index contributed by atoms with van der Waals surface area (Å²) in [6, 6.07) is 12.2. The van der Waals surface area contributed by atoms with Gasteiger partial charge in [0.2, 0.25) is 0 Å². The Morgan fingerprint density at radius 1 is 1.27 bits per heavy atom. The predicted octanol–water partition coefficient (Wildman–Crippen LogP) is 4.78.